The van der Waals surface area contributed by atoms with Crippen LogP contribution in [0.15, 0.2) is 36.8 Å². The van der Waals surface area contributed by atoms with Gasteiger partial charge in [-0.15, -0.1) is 10.2 Å². The van der Waals surface area contributed by atoms with Gasteiger partial charge in [0.05, 0.1) is 22.0 Å². The number of hydrogen-bond donors (Lipinski definition) is 0. The number of fused-ring (bicyclic) bond motifs is 1. The average molecular weight is 324 g/mol. The Labute approximate surface area is 137 Å². The lowest BCUT2D eigenvalue weighted by atomic mass is 10.1. The number of hydrogen-bond acceptors (Lipinski definition) is 6. The molecule has 3 aromatic rings. The number of nitro groups is 1. The summed E-state index contributed by atoms with van der Waals surface area (Å²) in [6, 6.07) is 6.93. The van der Waals surface area contributed by atoms with E-state index in [1.54, 1.807) is 36.8 Å². The van der Waals surface area contributed by atoms with E-state index in [1.807, 2.05) is 11.6 Å². The van der Waals surface area contributed by atoms with Crippen molar-refractivity contribution in [3.05, 3.63) is 52.7 Å². The van der Waals surface area contributed by atoms with Crippen molar-refractivity contribution in [2.45, 2.75) is 18.9 Å². The van der Waals surface area contributed by atoms with Crippen molar-refractivity contribution in [3.63, 3.8) is 0 Å². The quantitative estimate of drug-likeness (QED) is 0.543. The fraction of sp³-hybridized carbons (Fsp3) is 0.312. The van der Waals surface area contributed by atoms with Crippen molar-refractivity contribution >= 4 is 22.3 Å². The Morgan fingerprint density at radius 2 is 2.21 bits per heavy atom. The van der Waals surface area contributed by atoms with Crippen LogP contribution in [0.1, 0.15) is 24.7 Å². The van der Waals surface area contributed by atoms with Crippen molar-refractivity contribution in [2.75, 3.05) is 11.4 Å². The maximum atomic E-state index is 11.3. The molecule has 122 valence electrons. The standard InChI is InChI=1S/C16H16N6O2/c1-20-10-18-19-16(20)14-5-3-9-21(14)13-7-6-12(22(23)24)11-4-2-8-17-15(11)13/h2,4,6-8,10,14H,3,5,9H2,1H3/t14-/m0/s1. The number of non-ortho nitro benzene ring substituents is 1. The van der Waals surface area contributed by atoms with Gasteiger partial charge in [0.2, 0.25) is 0 Å². The van der Waals surface area contributed by atoms with Crippen LogP contribution in [0.4, 0.5) is 11.4 Å². The fourth-order valence-corrected chi connectivity index (χ4v) is 3.45. The third-order valence-corrected chi connectivity index (χ3v) is 4.53. The maximum absolute atomic E-state index is 11.3. The van der Waals surface area contributed by atoms with Crippen molar-refractivity contribution in [3.8, 4) is 0 Å². The number of aryl methyl sites for hydroxylation is 1. The predicted octanol–water partition coefficient (Wildman–Crippen LogP) is 2.61. The molecule has 3 heterocycles. The first-order valence-electron chi connectivity index (χ1n) is 7.79. The summed E-state index contributed by atoms with van der Waals surface area (Å²) in [5, 5.41) is 20.1. The van der Waals surface area contributed by atoms with Gasteiger partial charge in [0.15, 0.2) is 5.82 Å². The Morgan fingerprint density at radius 1 is 1.33 bits per heavy atom. The van der Waals surface area contributed by atoms with Crippen molar-refractivity contribution in [1.82, 2.24) is 19.7 Å². The summed E-state index contributed by atoms with van der Waals surface area (Å²) in [5.74, 6) is 0.898. The third-order valence-electron chi connectivity index (χ3n) is 4.53. The van der Waals surface area contributed by atoms with Crippen LogP contribution in [0.25, 0.3) is 10.9 Å². The van der Waals surface area contributed by atoms with E-state index in [9.17, 15) is 10.1 Å². The molecule has 8 heteroatoms. The topological polar surface area (TPSA) is 90.0 Å². The lowest BCUT2D eigenvalue weighted by Crippen LogP contribution is -2.25. The molecule has 0 N–H and O–H groups in total. The summed E-state index contributed by atoms with van der Waals surface area (Å²) in [7, 11) is 1.93. The van der Waals surface area contributed by atoms with Gasteiger partial charge in [-0.25, -0.2) is 0 Å². The Balaban J connectivity index is 1.86. The van der Waals surface area contributed by atoms with Crippen LogP contribution >= 0.6 is 0 Å². The molecule has 0 saturated carbocycles. The number of aromatic nitrogens is 4. The Kier molecular flexibility index (Phi) is 3.37. The minimum absolute atomic E-state index is 0.0799. The van der Waals surface area contributed by atoms with E-state index in [1.165, 1.54) is 0 Å². The molecular weight excluding hydrogens is 308 g/mol. The second-order valence-electron chi connectivity index (χ2n) is 5.91. The van der Waals surface area contributed by atoms with Gasteiger partial charge in [-0.3, -0.25) is 15.1 Å². The Bertz CT molecular complexity index is 922. The van der Waals surface area contributed by atoms with Gasteiger partial charge >= 0.3 is 0 Å². The third kappa shape index (κ3) is 2.18. The number of anilines is 1. The molecule has 1 fully saturated rings. The van der Waals surface area contributed by atoms with Crippen LogP contribution < -0.4 is 4.90 Å². The summed E-state index contributed by atoms with van der Waals surface area (Å²) >= 11 is 0. The first-order chi connectivity index (χ1) is 11.7. The highest BCUT2D eigenvalue weighted by Gasteiger charge is 2.31. The number of rotatable bonds is 3. The van der Waals surface area contributed by atoms with Gasteiger partial charge in [0.25, 0.3) is 5.69 Å². The lowest BCUT2D eigenvalue weighted by Gasteiger charge is -2.26. The molecule has 24 heavy (non-hydrogen) atoms. The normalized spacial score (nSPS) is 17.5. The highest BCUT2D eigenvalue weighted by Crippen LogP contribution is 2.40. The largest absolute Gasteiger partial charge is 0.359 e. The minimum atomic E-state index is -0.363. The van der Waals surface area contributed by atoms with Crippen LogP contribution in [0, 0.1) is 10.1 Å². The fourth-order valence-electron chi connectivity index (χ4n) is 3.45. The monoisotopic (exact) mass is 324 g/mol. The molecule has 1 aliphatic heterocycles. The van der Waals surface area contributed by atoms with Gasteiger partial charge in [-0.05, 0) is 31.0 Å². The Hall–Kier alpha value is -3.03. The summed E-state index contributed by atoms with van der Waals surface area (Å²) in [5.41, 5.74) is 1.64. The number of pyridine rings is 1. The number of nitro benzene ring substituents is 1. The molecule has 8 nitrogen and oxygen atoms in total. The van der Waals surface area contributed by atoms with E-state index in [4.69, 9.17) is 0 Å². The van der Waals surface area contributed by atoms with E-state index < -0.39 is 0 Å². The second kappa shape index (κ2) is 5.55. The van der Waals surface area contributed by atoms with Crippen molar-refractivity contribution in [1.29, 1.82) is 0 Å². The van der Waals surface area contributed by atoms with E-state index in [-0.39, 0.29) is 16.7 Å². The summed E-state index contributed by atoms with van der Waals surface area (Å²) in [6.45, 7) is 0.862. The zero-order chi connectivity index (χ0) is 16.7. The van der Waals surface area contributed by atoms with Gasteiger partial charge < -0.3 is 9.47 Å². The molecule has 1 aliphatic rings. The van der Waals surface area contributed by atoms with Gasteiger partial charge in [-0.2, -0.15) is 0 Å². The Morgan fingerprint density at radius 3 is 2.96 bits per heavy atom. The molecule has 0 unspecified atom stereocenters. The second-order valence-corrected chi connectivity index (χ2v) is 5.91. The number of benzene rings is 1. The molecule has 0 spiro atoms. The van der Waals surface area contributed by atoms with Crippen LogP contribution in [-0.2, 0) is 7.05 Å². The SMILES string of the molecule is Cn1cnnc1[C@@H]1CCCN1c1ccc([N+](=O)[O-])c2cccnc12. The molecule has 0 aliphatic carbocycles. The van der Waals surface area contributed by atoms with Crippen LogP contribution in [0.3, 0.4) is 0 Å². The maximum Gasteiger partial charge on any atom is 0.278 e. The smallest absolute Gasteiger partial charge is 0.278 e. The molecule has 1 atom stereocenters. The summed E-state index contributed by atoms with van der Waals surface area (Å²) < 4.78 is 1.92. The molecular formula is C16H16N6O2. The van der Waals surface area contributed by atoms with Gasteiger partial charge in [0, 0.05) is 25.9 Å². The van der Waals surface area contributed by atoms with Crippen LogP contribution in [-0.4, -0.2) is 31.2 Å². The first kappa shape index (κ1) is 14.6. The highest BCUT2D eigenvalue weighted by molar-refractivity contribution is 5.97. The zero-order valence-corrected chi connectivity index (χ0v) is 13.2. The molecule has 1 aromatic carbocycles. The molecule has 0 radical (unpaired) electrons. The lowest BCUT2D eigenvalue weighted by molar-refractivity contribution is -0.383. The zero-order valence-electron chi connectivity index (χ0n) is 13.2. The molecule has 0 bridgehead atoms. The molecule has 0 amide bonds. The number of nitrogens with zero attached hydrogens (tertiary/aromatic N) is 6. The highest BCUT2D eigenvalue weighted by atomic mass is 16.6. The minimum Gasteiger partial charge on any atom is -0.359 e. The summed E-state index contributed by atoms with van der Waals surface area (Å²) in [4.78, 5) is 17.6. The van der Waals surface area contributed by atoms with Crippen molar-refractivity contribution < 1.29 is 4.92 Å². The predicted molar refractivity (Wildman–Crippen MR) is 88.7 cm³/mol. The van der Waals surface area contributed by atoms with Crippen molar-refractivity contribution in [2.24, 2.45) is 7.05 Å². The van der Waals surface area contributed by atoms with E-state index in [2.05, 4.69) is 20.1 Å². The molecule has 2 aromatic heterocycles. The molecule has 1 saturated heterocycles. The van der Waals surface area contributed by atoms with Gasteiger partial charge in [0.1, 0.15) is 11.8 Å². The summed E-state index contributed by atoms with van der Waals surface area (Å²) in [6.07, 6.45) is 5.36. The van der Waals surface area contributed by atoms with E-state index in [0.29, 0.717) is 10.9 Å². The van der Waals surface area contributed by atoms with Crippen LogP contribution in [0.2, 0.25) is 0 Å². The average Bonchev–Trinajstić information content (AvgIpc) is 3.22. The van der Waals surface area contributed by atoms with E-state index >= 15 is 0 Å². The van der Waals surface area contributed by atoms with Gasteiger partial charge in [-0.1, -0.05) is 0 Å². The van der Waals surface area contributed by atoms with E-state index in [0.717, 1.165) is 30.9 Å². The first-order valence-corrected chi connectivity index (χ1v) is 7.79. The van der Waals surface area contributed by atoms with Crippen LogP contribution in [0.5, 0.6) is 0 Å². The molecule has 4 rings (SSSR count).